The fourth-order valence-electron chi connectivity index (χ4n) is 1.07. The molecule has 1 fully saturated rings. The van der Waals surface area contributed by atoms with Gasteiger partial charge in [0.2, 0.25) is 0 Å². The Kier molecular flexibility index (Phi) is 2.32. The van der Waals surface area contributed by atoms with E-state index >= 15 is 0 Å². The zero-order chi connectivity index (χ0) is 8.72. The SMILES string of the molecule is Clc1cc(C2CC2)nc(Cl)c1Br. The molecular weight excluding hydrogens is 261 g/mol. The van der Waals surface area contributed by atoms with E-state index in [2.05, 4.69) is 20.9 Å². The summed E-state index contributed by atoms with van der Waals surface area (Å²) in [6.45, 7) is 0. The molecule has 0 atom stereocenters. The molecule has 12 heavy (non-hydrogen) atoms. The third-order valence-electron chi connectivity index (χ3n) is 1.89. The summed E-state index contributed by atoms with van der Waals surface area (Å²) < 4.78 is 0.690. The summed E-state index contributed by atoms with van der Waals surface area (Å²) in [5.74, 6) is 0.591. The first-order valence-corrected chi connectivity index (χ1v) is 5.25. The Morgan fingerprint density at radius 2 is 2.08 bits per heavy atom. The molecule has 1 saturated carbocycles. The van der Waals surface area contributed by atoms with Gasteiger partial charge < -0.3 is 0 Å². The standard InChI is InChI=1S/C8H6BrCl2N/c9-7-5(10)3-6(4-1-2-4)12-8(7)11/h3-4H,1-2H2. The third-order valence-corrected chi connectivity index (χ3v) is 3.72. The van der Waals surface area contributed by atoms with Crippen molar-refractivity contribution < 1.29 is 0 Å². The van der Waals surface area contributed by atoms with Crippen molar-refractivity contribution in [3.05, 3.63) is 26.4 Å². The quantitative estimate of drug-likeness (QED) is 0.700. The molecule has 0 spiro atoms. The summed E-state index contributed by atoms with van der Waals surface area (Å²) in [5, 5.41) is 1.11. The van der Waals surface area contributed by atoms with Gasteiger partial charge >= 0.3 is 0 Å². The number of nitrogens with zero attached hydrogens (tertiary/aromatic N) is 1. The van der Waals surface area contributed by atoms with Crippen molar-refractivity contribution in [1.29, 1.82) is 0 Å². The summed E-state index contributed by atoms with van der Waals surface area (Å²) in [5.41, 5.74) is 1.02. The van der Waals surface area contributed by atoms with Gasteiger partial charge in [-0.2, -0.15) is 0 Å². The lowest BCUT2D eigenvalue weighted by Crippen LogP contribution is -1.88. The van der Waals surface area contributed by atoms with Crippen LogP contribution in [0.3, 0.4) is 0 Å². The monoisotopic (exact) mass is 265 g/mol. The van der Waals surface area contributed by atoms with Crippen LogP contribution in [0.25, 0.3) is 0 Å². The van der Waals surface area contributed by atoms with Gasteiger partial charge in [-0.15, -0.1) is 0 Å². The minimum Gasteiger partial charge on any atom is -0.240 e. The van der Waals surface area contributed by atoms with Gasteiger partial charge in [0.25, 0.3) is 0 Å². The molecule has 0 radical (unpaired) electrons. The lowest BCUT2D eigenvalue weighted by Gasteiger charge is -2.02. The van der Waals surface area contributed by atoms with Crippen molar-refractivity contribution in [3.63, 3.8) is 0 Å². The van der Waals surface area contributed by atoms with Gasteiger partial charge in [0.15, 0.2) is 0 Å². The normalized spacial score (nSPS) is 16.6. The highest BCUT2D eigenvalue weighted by Crippen LogP contribution is 2.41. The van der Waals surface area contributed by atoms with E-state index < -0.39 is 0 Å². The van der Waals surface area contributed by atoms with Crippen molar-refractivity contribution in [2.45, 2.75) is 18.8 Å². The second-order valence-corrected chi connectivity index (χ2v) is 4.47. The smallest absolute Gasteiger partial charge is 0.145 e. The Hall–Kier alpha value is 0.210. The first-order chi connectivity index (χ1) is 5.68. The van der Waals surface area contributed by atoms with Crippen LogP contribution in [0.2, 0.25) is 10.2 Å². The number of aromatic nitrogens is 1. The van der Waals surface area contributed by atoms with E-state index in [1.165, 1.54) is 12.8 Å². The molecule has 4 heteroatoms. The van der Waals surface area contributed by atoms with Crippen LogP contribution in [-0.2, 0) is 0 Å². The van der Waals surface area contributed by atoms with Crippen molar-refractivity contribution in [1.82, 2.24) is 4.98 Å². The number of hydrogen-bond donors (Lipinski definition) is 0. The van der Waals surface area contributed by atoms with Crippen molar-refractivity contribution in [3.8, 4) is 0 Å². The minimum atomic E-state index is 0.462. The van der Waals surface area contributed by atoms with Crippen molar-refractivity contribution >= 4 is 39.1 Å². The summed E-state index contributed by atoms with van der Waals surface area (Å²) in [6, 6.07) is 1.88. The molecule has 0 amide bonds. The van der Waals surface area contributed by atoms with E-state index in [9.17, 15) is 0 Å². The fraction of sp³-hybridized carbons (Fsp3) is 0.375. The molecule has 1 heterocycles. The first-order valence-electron chi connectivity index (χ1n) is 3.70. The molecule has 0 bridgehead atoms. The topological polar surface area (TPSA) is 12.9 Å². The Labute approximate surface area is 89.2 Å². The van der Waals surface area contributed by atoms with Crippen molar-refractivity contribution in [2.24, 2.45) is 0 Å². The van der Waals surface area contributed by atoms with Crippen LogP contribution >= 0.6 is 39.1 Å². The highest BCUT2D eigenvalue weighted by Gasteiger charge is 2.26. The van der Waals surface area contributed by atoms with Gasteiger partial charge in [0, 0.05) is 11.6 Å². The lowest BCUT2D eigenvalue weighted by atomic mass is 10.2. The van der Waals surface area contributed by atoms with E-state index in [-0.39, 0.29) is 0 Å². The number of pyridine rings is 1. The highest BCUT2D eigenvalue weighted by molar-refractivity contribution is 9.10. The molecule has 0 aromatic carbocycles. The largest absolute Gasteiger partial charge is 0.240 e. The molecule has 0 aliphatic heterocycles. The molecule has 1 nitrogen and oxygen atoms in total. The average Bonchev–Trinajstić information content (AvgIpc) is 2.81. The van der Waals surface area contributed by atoms with Gasteiger partial charge in [0.05, 0.1) is 9.50 Å². The van der Waals surface area contributed by atoms with Crippen LogP contribution in [-0.4, -0.2) is 4.98 Å². The maximum atomic E-state index is 5.92. The fourth-order valence-corrected chi connectivity index (χ4v) is 1.73. The van der Waals surface area contributed by atoms with Crippen LogP contribution in [0.1, 0.15) is 24.5 Å². The second kappa shape index (κ2) is 3.17. The highest BCUT2D eigenvalue weighted by atomic mass is 79.9. The summed E-state index contributed by atoms with van der Waals surface area (Å²) in [7, 11) is 0. The van der Waals surface area contributed by atoms with Crippen LogP contribution in [0.15, 0.2) is 10.5 Å². The Bertz CT molecular complexity index is 300. The number of halogens is 3. The van der Waals surface area contributed by atoms with Crippen LogP contribution in [0.4, 0.5) is 0 Å². The van der Waals surface area contributed by atoms with E-state index in [0.29, 0.717) is 20.6 Å². The molecular formula is C8H6BrCl2N. The molecule has 0 N–H and O–H groups in total. The van der Waals surface area contributed by atoms with Gasteiger partial charge in [-0.25, -0.2) is 4.98 Å². The second-order valence-electron chi connectivity index (χ2n) is 2.91. The predicted molar refractivity (Wildman–Crippen MR) is 53.9 cm³/mol. The molecule has 1 aromatic rings. The van der Waals surface area contributed by atoms with E-state index in [0.717, 1.165) is 5.69 Å². The number of rotatable bonds is 1. The molecule has 2 rings (SSSR count). The molecule has 1 aliphatic rings. The Balaban J connectivity index is 2.45. The van der Waals surface area contributed by atoms with E-state index in [1.54, 1.807) is 0 Å². The van der Waals surface area contributed by atoms with Gasteiger partial charge in [-0.1, -0.05) is 23.2 Å². The zero-order valence-corrected chi connectivity index (χ0v) is 9.25. The zero-order valence-electron chi connectivity index (χ0n) is 6.15. The molecule has 0 saturated heterocycles. The first kappa shape index (κ1) is 8.79. The maximum Gasteiger partial charge on any atom is 0.145 e. The molecule has 64 valence electrons. The Morgan fingerprint density at radius 1 is 1.42 bits per heavy atom. The maximum absolute atomic E-state index is 5.92. The molecule has 0 unspecified atom stereocenters. The third kappa shape index (κ3) is 1.61. The van der Waals surface area contributed by atoms with Gasteiger partial charge in [-0.3, -0.25) is 0 Å². The van der Waals surface area contributed by atoms with Gasteiger partial charge in [0.1, 0.15) is 5.15 Å². The van der Waals surface area contributed by atoms with E-state index in [4.69, 9.17) is 23.2 Å². The van der Waals surface area contributed by atoms with E-state index in [1.807, 2.05) is 6.07 Å². The van der Waals surface area contributed by atoms with Crippen LogP contribution in [0, 0.1) is 0 Å². The summed E-state index contributed by atoms with van der Waals surface area (Å²) in [4.78, 5) is 4.23. The van der Waals surface area contributed by atoms with Crippen LogP contribution in [0.5, 0.6) is 0 Å². The average molecular weight is 267 g/mol. The summed E-state index contributed by atoms with van der Waals surface area (Å²) in [6.07, 6.45) is 2.42. The summed E-state index contributed by atoms with van der Waals surface area (Å²) >= 11 is 15.0. The molecule has 1 aromatic heterocycles. The number of hydrogen-bond acceptors (Lipinski definition) is 1. The predicted octanol–water partition coefficient (Wildman–Crippen LogP) is 4.03. The molecule has 1 aliphatic carbocycles. The lowest BCUT2D eigenvalue weighted by molar-refractivity contribution is 1.02. The van der Waals surface area contributed by atoms with Crippen molar-refractivity contribution in [2.75, 3.05) is 0 Å². The Morgan fingerprint density at radius 3 is 2.58 bits per heavy atom. The van der Waals surface area contributed by atoms with Crippen LogP contribution < -0.4 is 0 Å². The van der Waals surface area contributed by atoms with Gasteiger partial charge in [-0.05, 0) is 34.8 Å². The minimum absolute atomic E-state index is 0.462.